The molecule has 0 bridgehead atoms. The zero-order chi connectivity index (χ0) is 16.8. The maximum atomic E-state index is 12.7. The first-order valence-corrected chi connectivity index (χ1v) is 7.53. The molecule has 129 valence electrons. The minimum atomic E-state index is -2.64. The second-order valence-corrected chi connectivity index (χ2v) is 5.43. The van der Waals surface area contributed by atoms with E-state index in [0.29, 0.717) is 30.2 Å². The van der Waals surface area contributed by atoms with E-state index in [2.05, 4.69) is 6.08 Å². The molecule has 2 rings (SSSR count). The minimum absolute atomic E-state index is 0. The Labute approximate surface area is 170 Å². The number of carbonyl (C=O) groups excluding carboxylic acids is 1. The zero-order valence-electron chi connectivity index (χ0n) is 13.2. The van der Waals surface area contributed by atoms with Gasteiger partial charge >= 0.3 is 0 Å². The van der Waals surface area contributed by atoms with E-state index < -0.39 is 24.3 Å². The predicted octanol–water partition coefficient (Wildman–Crippen LogP) is 2.96. The Hall–Kier alpha value is -0.556. The molecule has 0 fully saturated rings. The summed E-state index contributed by atoms with van der Waals surface area (Å²) in [6.45, 7) is 0.180. The number of benzene rings is 1. The number of amides is 1. The van der Waals surface area contributed by atoms with Crippen molar-refractivity contribution in [1.29, 1.82) is 0 Å². The zero-order valence-corrected chi connectivity index (χ0v) is 16.8. The number of ether oxygens (including phenoxy) is 2. The first-order chi connectivity index (χ1) is 11.0. The van der Waals surface area contributed by atoms with Crippen molar-refractivity contribution in [3.05, 3.63) is 35.9 Å². The molecule has 1 aromatic carbocycles. The third kappa shape index (κ3) is 5.76. The molecule has 4 nitrogen and oxygen atoms in total. The third-order valence-electron chi connectivity index (χ3n) is 3.26. The van der Waals surface area contributed by atoms with E-state index in [0.717, 1.165) is 4.90 Å². The maximum Gasteiger partial charge on any atom is 0.256 e. The Morgan fingerprint density at radius 2 is 2.00 bits per heavy atom. The van der Waals surface area contributed by atoms with Crippen LogP contribution >= 0.6 is 11.6 Å². The molecular weight excluding hydrogens is 417 g/mol. The van der Waals surface area contributed by atoms with E-state index >= 15 is 0 Å². The molecule has 0 N–H and O–H groups in total. The monoisotopic (exact) mass is 433 g/mol. The smallest absolute Gasteiger partial charge is 0.256 e. The fourth-order valence-electron chi connectivity index (χ4n) is 2.18. The van der Waals surface area contributed by atoms with Crippen LogP contribution in [-0.4, -0.2) is 49.5 Å². The molecular formula is C16H17ClF2NO3Y-. The minimum Gasteiger partial charge on any atom is -0.491 e. The Bertz CT molecular complexity index is 569. The molecule has 0 saturated heterocycles. The summed E-state index contributed by atoms with van der Waals surface area (Å²) < 4.78 is 35.8. The predicted molar refractivity (Wildman–Crippen MR) is 82.4 cm³/mol. The number of allylic oxidation sites excluding steroid dienone is 1. The molecule has 1 atom stereocenters. The van der Waals surface area contributed by atoms with Crippen LogP contribution in [0.15, 0.2) is 24.3 Å². The van der Waals surface area contributed by atoms with Crippen molar-refractivity contribution in [2.75, 3.05) is 26.9 Å². The van der Waals surface area contributed by atoms with Gasteiger partial charge in [-0.2, -0.15) is 5.56 Å². The van der Waals surface area contributed by atoms with Crippen LogP contribution in [-0.2, 0) is 42.2 Å². The summed E-state index contributed by atoms with van der Waals surface area (Å²) in [6.07, 6.45) is 0.490. The number of nitrogens with zero attached hydrogens (tertiary/aromatic N) is 1. The van der Waals surface area contributed by atoms with Gasteiger partial charge in [0.2, 0.25) is 5.91 Å². The van der Waals surface area contributed by atoms with Gasteiger partial charge in [-0.05, 0) is 12.1 Å². The number of rotatable bonds is 7. The summed E-state index contributed by atoms with van der Waals surface area (Å²) in [5.74, 6) is 0.102. The van der Waals surface area contributed by atoms with E-state index in [1.165, 1.54) is 0 Å². The molecule has 1 amide bonds. The van der Waals surface area contributed by atoms with E-state index in [4.69, 9.17) is 21.1 Å². The first kappa shape index (κ1) is 21.5. The molecule has 8 heteroatoms. The van der Waals surface area contributed by atoms with Crippen LogP contribution in [0.4, 0.5) is 8.78 Å². The Morgan fingerprint density at radius 3 is 2.58 bits per heavy atom. The van der Waals surface area contributed by atoms with Gasteiger partial charge in [-0.1, -0.05) is 6.42 Å². The standard InChI is InChI=1S/C16H17ClF2NO3.Y/c1-22-8-9-23-12-4-2-11(3-5-12)14-7-6-13(17)16(21)20(14)10-15(18)19;/h2-5,13,15H,6,8-10H2,1H3;/q-1;. The van der Waals surface area contributed by atoms with Crippen molar-refractivity contribution in [3.8, 4) is 5.75 Å². The fraction of sp³-hybridized carbons (Fsp3) is 0.438. The quantitative estimate of drug-likeness (QED) is 0.377. The second-order valence-electron chi connectivity index (χ2n) is 4.90. The van der Waals surface area contributed by atoms with Gasteiger partial charge in [-0.15, -0.1) is 29.4 Å². The third-order valence-corrected chi connectivity index (χ3v) is 3.60. The Balaban J connectivity index is 0.00000288. The summed E-state index contributed by atoms with van der Waals surface area (Å²) >= 11 is 5.85. The summed E-state index contributed by atoms with van der Waals surface area (Å²) in [4.78, 5) is 13.0. The van der Waals surface area contributed by atoms with Gasteiger partial charge in [-0.25, -0.2) is 14.9 Å². The molecule has 1 aromatic rings. The molecule has 1 aliphatic rings. The number of halogens is 3. The second kappa shape index (κ2) is 10.4. The SMILES string of the molecule is COCCOc1ccc(C2=[C-]CC(Cl)C(=O)N2CC(F)F)cc1.[Y]. The van der Waals surface area contributed by atoms with Crippen LogP contribution in [0, 0.1) is 6.08 Å². The van der Waals surface area contributed by atoms with E-state index in [1.807, 2.05) is 0 Å². The van der Waals surface area contributed by atoms with Gasteiger partial charge in [-0.3, -0.25) is 4.79 Å². The molecule has 1 aliphatic heterocycles. The van der Waals surface area contributed by atoms with Crippen molar-refractivity contribution in [3.63, 3.8) is 0 Å². The molecule has 1 heterocycles. The van der Waals surface area contributed by atoms with Crippen molar-refractivity contribution < 1.29 is 55.8 Å². The molecule has 1 unspecified atom stereocenters. The van der Waals surface area contributed by atoms with Gasteiger partial charge in [0.1, 0.15) is 17.7 Å². The van der Waals surface area contributed by atoms with Crippen LogP contribution in [0.5, 0.6) is 5.75 Å². The number of hydrogen-bond donors (Lipinski definition) is 0. The topological polar surface area (TPSA) is 38.8 Å². The fourth-order valence-corrected chi connectivity index (χ4v) is 2.37. The van der Waals surface area contributed by atoms with Gasteiger partial charge in [0.15, 0.2) is 0 Å². The maximum absolute atomic E-state index is 12.7. The van der Waals surface area contributed by atoms with Crippen molar-refractivity contribution in [2.45, 2.75) is 18.2 Å². The Kier molecular flexibility index (Phi) is 9.35. The van der Waals surface area contributed by atoms with E-state index in [-0.39, 0.29) is 39.1 Å². The average molecular weight is 434 g/mol. The van der Waals surface area contributed by atoms with E-state index in [1.54, 1.807) is 31.4 Å². The Morgan fingerprint density at radius 1 is 1.33 bits per heavy atom. The van der Waals surface area contributed by atoms with Crippen molar-refractivity contribution in [1.82, 2.24) is 4.90 Å². The van der Waals surface area contributed by atoms with Gasteiger partial charge in [0, 0.05) is 39.8 Å². The van der Waals surface area contributed by atoms with Crippen LogP contribution in [0.1, 0.15) is 12.0 Å². The molecule has 0 saturated carbocycles. The van der Waals surface area contributed by atoms with Gasteiger partial charge < -0.3 is 14.4 Å². The summed E-state index contributed by atoms with van der Waals surface area (Å²) in [5.41, 5.74) is 0.942. The molecule has 0 aromatic heterocycles. The van der Waals surface area contributed by atoms with Gasteiger partial charge in [0.05, 0.1) is 13.2 Å². The molecule has 0 aliphatic carbocycles. The molecule has 1 radical (unpaired) electrons. The number of carbonyl (C=O) groups is 1. The summed E-state index contributed by atoms with van der Waals surface area (Å²) in [7, 11) is 1.58. The average Bonchev–Trinajstić information content (AvgIpc) is 2.53. The van der Waals surface area contributed by atoms with Crippen molar-refractivity contribution >= 4 is 23.2 Å². The number of methoxy groups -OCH3 is 1. The van der Waals surface area contributed by atoms with Gasteiger partial charge in [0.25, 0.3) is 6.43 Å². The normalized spacial score (nSPS) is 17.5. The van der Waals surface area contributed by atoms with Crippen LogP contribution in [0.25, 0.3) is 5.70 Å². The van der Waals surface area contributed by atoms with Crippen molar-refractivity contribution in [2.24, 2.45) is 0 Å². The first-order valence-electron chi connectivity index (χ1n) is 7.09. The summed E-state index contributed by atoms with van der Waals surface area (Å²) in [6, 6.07) is 6.81. The molecule has 0 spiro atoms. The van der Waals surface area contributed by atoms with Crippen LogP contribution in [0.2, 0.25) is 0 Å². The van der Waals surface area contributed by atoms with E-state index in [9.17, 15) is 13.6 Å². The largest absolute Gasteiger partial charge is 0.491 e. The van der Waals surface area contributed by atoms with Crippen LogP contribution in [0.3, 0.4) is 0 Å². The van der Waals surface area contributed by atoms with Crippen LogP contribution < -0.4 is 4.74 Å². The number of hydrogen-bond acceptors (Lipinski definition) is 3. The number of alkyl halides is 3. The summed E-state index contributed by atoms with van der Waals surface area (Å²) in [5, 5.41) is -0.853. The molecule has 24 heavy (non-hydrogen) atoms.